The summed E-state index contributed by atoms with van der Waals surface area (Å²) in [6, 6.07) is 13.4. The summed E-state index contributed by atoms with van der Waals surface area (Å²) in [7, 11) is 1.52. The molecule has 2 aromatic carbocycles. The van der Waals surface area contributed by atoms with Gasteiger partial charge in [0.1, 0.15) is 5.56 Å². The van der Waals surface area contributed by atoms with Crippen LogP contribution in [0.15, 0.2) is 51.7 Å². The minimum Gasteiger partial charge on any atom is -0.493 e. The first kappa shape index (κ1) is 19.1. The lowest BCUT2D eigenvalue weighted by atomic mass is 10.1. The molecule has 4 rings (SSSR count). The van der Waals surface area contributed by atoms with Gasteiger partial charge in [0.25, 0.3) is 5.91 Å². The molecule has 6 heteroatoms. The maximum atomic E-state index is 13.0. The number of ether oxygens (including phenoxy) is 1. The van der Waals surface area contributed by atoms with Gasteiger partial charge in [0.05, 0.1) is 7.11 Å². The third-order valence-electron chi connectivity index (χ3n) is 5.31. The van der Waals surface area contributed by atoms with E-state index in [0.29, 0.717) is 29.8 Å². The number of para-hydroxylation sites is 1. The van der Waals surface area contributed by atoms with Crippen LogP contribution in [0.5, 0.6) is 5.75 Å². The van der Waals surface area contributed by atoms with Crippen LogP contribution in [0.2, 0.25) is 0 Å². The van der Waals surface area contributed by atoms with Gasteiger partial charge in [-0.2, -0.15) is 0 Å². The summed E-state index contributed by atoms with van der Waals surface area (Å²) < 4.78 is 10.6. The van der Waals surface area contributed by atoms with Crippen molar-refractivity contribution < 1.29 is 13.9 Å². The van der Waals surface area contributed by atoms with E-state index < -0.39 is 5.63 Å². The molecule has 0 N–H and O–H groups in total. The highest BCUT2D eigenvalue weighted by molar-refractivity contribution is 5.97. The number of carbonyl (C=O) groups is 1. The Morgan fingerprint density at radius 1 is 1.00 bits per heavy atom. The Balaban J connectivity index is 1.54. The first-order chi connectivity index (χ1) is 14.0. The summed E-state index contributed by atoms with van der Waals surface area (Å²) >= 11 is 0. The highest BCUT2D eigenvalue weighted by Gasteiger charge is 2.25. The predicted octanol–water partition coefficient (Wildman–Crippen LogP) is 3.38. The van der Waals surface area contributed by atoms with Crippen molar-refractivity contribution in [2.75, 3.05) is 38.2 Å². The average Bonchev–Trinajstić information content (AvgIpc) is 2.72. The lowest BCUT2D eigenvalue weighted by molar-refractivity contribution is 0.0742. The molecule has 6 nitrogen and oxygen atoms in total. The zero-order valence-electron chi connectivity index (χ0n) is 16.9. The Morgan fingerprint density at radius 2 is 1.69 bits per heavy atom. The molecule has 3 aromatic rings. The Labute approximate surface area is 169 Å². The molecule has 0 spiro atoms. The summed E-state index contributed by atoms with van der Waals surface area (Å²) in [5.74, 6) is 0.184. The Morgan fingerprint density at radius 3 is 2.34 bits per heavy atom. The summed E-state index contributed by atoms with van der Waals surface area (Å²) in [4.78, 5) is 29.4. The number of hydrogen-bond acceptors (Lipinski definition) is 5. The van der Waals surface area contributed by atoms with Crippen LogP contribution in [-0.2, 0) is 0 Å². The van der Waals surface area contributed by atoms with Crippen molar-refractivity contribution in [3.8, 4) is 5.75 Å². The van der Waals surface area contributed by atoms with E-state index in [2.05, 4.69) is 36.9 Å². The number of fused-ring (bicyclic) bond motifs is 1. The fraction of sp³-hybridized carbons (Fsp3) is 0.304. The quantitative estimate of drug-likeness (QED) is 0.640. The second kappa shape index (κ2) is 7.62. The van der Waals surface area contributed by atoms with Crippen LogP contribution in [0, 0.1) is 13.8 Å². The largest absolute Gasteiger partial charge is 0.493 e. The highest BCUT2D eigenvalue weighted by Crippen LogP contribution is 2.25. The van der Waals surface area contributed by atoms with Crippen molar-refractivity contribution in [2.45, 2.75) is 13.8 Å². The third-order valence-corrected chi connectivity index (χ3v) is 5.31. The number of carbonyl (C=O) groups excluding carboxylic acids is 1. The smallest absolute Gasteiger partial charge is 0.349 e. The molecule has 1 amide bonds. The number of aryl methyl sites for hydroxylation is 2. The molecule has 29 heavy (non-hydrogen) atoms. The molecule has 1 saturated heterocycles. The third kappa shape index (κ3) is 3.70. The van der Waals surface area contributed by atoms with Gasteiger partial charge in [-0.1, -0.05) is 18.2 Å². The van der Waals surface area contributed by atoms with Crippen molar-refractivity contribution >= 4 is 22.6 Å². The van der Waals surface area contributed by atoms with Gasteiger partial charge in [-0.25, -0.2) is 4.79 Å². The highest BCUT2D eigenvalue weighted by atomic mass is 16.5. The second-order valence-corrected chi connectivity index (χ2v) is 7.45. The molecular weight excluding hydrogens is 368 g/mol. The van der Waals surface area contributed by atoms with Crippen LogP contribution >= 0.6 is 0 Å². The zero-order chi connectivity index (χ0) is 20.5. The fourth-order valence-electron chi connectivity index (χ4n) is 3.90. The number of hydrogen-bond donors (Lipinski definition) is 0. The van der Waals surface area contributed by atoms with Crippen LogP contribution in [0.1, 0.15) is 21.5 Å². The van der Waals surface area contributed by atoms with E-state index in [4.69, 9.17) is 9.15 Å². The van der Waals surface area contributed by atoms with E-state index >= 15 is 0 Å². The lowest BCUT2D eigenvalue weighted by Gasteiger charge is -2.36. The summed E-state index contributed by atoms with van der Waals surface area (Å²) in [5, 5.41) is 0.668. The van der Waals surface area contributed by atoms with Gasteiger partial charge in [0, 0.05) is 37.3 Å². The van der Waals surface area contributed by atoms with Crippen LogP contribution in [-0.4, -0.2) is 44.1 Å². The molecule has 0 atom stereocenters. The summed E-state index contributed by atoms with van der Waals surface area (Å²) in [6.45, 7) is 6.74. The van der Waals surface area contributed by atoms with Gasteiger partial charge in [0.2, 0.25) is 0 Å². The molecule has 2 heterocycles. The van der Waals surface area contributed by atoms with Gasteiger partial charge in [0.15, 0.2) is 11.3 Å². The van der Waals surface area contributed by atoms with Crippen LogP contribution in [0.3, 0.4) is 0 Å². The topological polar surface area (TPSA) is 63.0 Å². The van der Waals surface area contributed by atoms with Gasteiger partial charge in [-0.15, -0.1) is 0 Å². The monoisotopic (exact) mass is 392 g/mol. The van der Waals surface area contributed by atoms with Crippen molar-refractivity contribution in [3.05, 3.63) is 69.6 Å². The molecule has 0 aliphatic carbocycles. The molecule has 0 bridgehead atoms. The molecule has 0 radical (unpaired) electrons. The number of rotatable bonds is 3. The molecule has 0 unspecified atom stereocenters. The van der Waals surface area contributed by atoms with E-state index in [0.717, 1.165) is 13.1 Å². The second-order valence-electron chi connectivity index (χ2n) is 7.45. The first-order valence-corrected chi connectivity index (χ1v) is 9.69. The molecule has 150 valence electrons. The predicted molar refractivity (Wildman–Crippen MR) is 113 cm³/mol. The van der Waals surface area contributed by atoms with Crippen molar-refractivity contribution in [3.63, 3.8) is 0 Å². The Hall–Kier alpha value is -3.28. The minimum absolute atomic E-state index is 0.0607. The van der Waals surface area contributed by atoms with Gasteiger partial charge in [-0.05, 0) is 49.2 Å². The number of methoxy groups -OCH3 is 1. The molecule has 1 aliphatic rings. The van der Waals surface area contributed by atoms with E-state index in [1.54, 1.807) is 29.2 Å². The normalized spacial score (nSPS) is 14.3. The van der Waals surface area contributed by atoms with Gasteiger partial charge >= 0.3 is 5.63 Å². The number of anilines is 1. The number of amides is 1. The minimum atomic E-state index is -0.635. The average molecular weight is 392 g/mol. The fourth-order valence-corrected chi connectivity index (χ4v) is 3.90. The van der Waals surface area contributed by atoms with E-state index in [9.17, 15) is 9.59 Å². The molecular formula is C23H24N2O4. The Kier molecular flexibility index (Phi) is 5.01. The maximum Gasteiger partial charge on any atom is 0.349 e. The Bertz CT molecular complexity index is 1110. The van der Waals surface area contributed by atoms with Crippen molar-refractivity contribution in [2.24, 2.45) is 0 Å². The summed E-state index contributed by atoms with van der Waals surface area (Å²) in [6.07, 6.45) is 0. The van der Waals surface area contributed by atoms with Crippen LogP contribution in [0.25, 0.3) is 11.0 Å². The van der Waals surface area contributed by atoms with Gasteiger partial charge < -0.3 is 19.0 Å². The zero-order valence-corrected chi connectivity index (χ0v) is 16.9. The molecule has 1 aromatic heterocycles. The standard InChI is InChI=1S/C23H24N2O4/c1-15-11-16(2)13-18(12-15)24-7-9-25(10-8-24)22(26)19-14-17-5-4-6-20(28-3)21(17)29-23(19)27/h4-6,11-14H,7-10H2,1-3H3. The maximum absolute atomic E-state index is 13.0. The van der Waals surface area contributed by atoms with Crippen molar-refractivity contribution in [1.82, 2.24) is 4.90 Å². The van der Waals surface area contributed by atoms with Gasteiger partial charge in [-0.3, -0.25) is 4.79 Å². The number of piperazine rings is 1. The van der Waals surface area contributed by atoms with E-state index in [1.165, 1.54) is 23.9 Å². The molecule has 1 aliphatic heterocycles. The van der Waals surface area contributed by atoms with Crippen LogP contribution < -0.4 is 15.3 Å². The first-order valence-electron chi connectivity index (χ1n) is 9.69. The van der Waals surface area contributed by atoms with Crippen molar-refractivity contribution in [1.29, 1.82) is 0 Å². The number of benzene rings is 2. The van der Waals surface area contributed by atoms with Crippen LogP contribution in [0.4, 0.5) is 5.69 Å². The summed E-state index contributed by atoms with van der Waals surface area (Å²) in [5.41, 5.74) is 3.41. The SMILES string of the molecule is COc1cccc2cc(C(=O)N3CCN(c4cc(C)cc(C)c4)CC3)c(=O)oc12. The number of nitrogens with zero attached hydrogens (tertiary/aromatic N) is 2. The molecule has 0 saturated carbocycles. The van der Waals surface area contributed by atoms with E-state index in [1.807, 2.05) is 0 Å². The molecule has 1 fully saturated rings. The van der Waals surface area contributed by atoms with E-state index in [-0.39, 0.29) is 11.5 Å². The lowest BCUT2D eigenvalue weighted by Crippen LogP contribution is -2.49.